The highest BCUT2D eigenvalue weighted by Crippen LogP contribution is 2.57. The van der Waals surface area contributed by atoms with Gasteiger partial charge in [0.1, 0.15) is 11.3 Å². The van der Waals surface area contributed by atoms with Crippen molar-refractivity contribution in [3.8, 4) is 0 Å². The zero-order valence-corrected chi connectivity index (χ0v) is 35.2. The van der Waals surface area contributed by atoms with E-state index in [4.69, 9.17) is 9.97 Å². The van der Waals surface area contributed by atoms with E-state index in [0.29, 0.717) is 28.2 Å². The lowest BCUT2D eigenvalue weighted by Gasteiger charge is -2.33. The molecule has 2 aromatic carbocycles. The van der Waals surface area contributed by atoms with E-state index in [2.05, 4.69) is 63.1 Å². The molecule has 4 fully saturated rings. The molecule has 59 heavy (non-hydrogen) atoms. The minimum absolute atomic E-state index is 0.0937. The van der Waals surface area contributed by atoms with Crippen LogP contribution in [0.15, 0.2) is 47.5 Å². The molecule has 1 aliphatic carbocycles. The maximum Gasteiger partial charge on any atom is 0.329 e. The Morgan fingerprint density at radius 2 is 1.73 bits per heavy atom. The highest BCUT2D eigenvalue weighted by molar-refractivity contribution is 7.97. The van der Waals surface area contributed by atoms with Crippen molar-refractivity contribution in [3.05, 3.63) is 65.1 Å². The van der Waals surface area contributed by atoms with Gasteiger partial charge in [-0.2, -0.15) is 10.1 Å². The van der Waals surface area contributed by atoms with E-state index in [1.807, 2.05) is 35.2 Å². The molecule has 0 unspecified atom stereocenters. The molecule has 6 heterocycles. The van der Waals surface area contributed by atoms with Gasteiger partial charge in [-0.05, 0) is 112 Å². The van der Waals surface area contributed by atoms with Crippen molar-refractivity contribution in [1.29, 1.82) is 0 Å². The first-order chi connectivity index (χ1) is 28.6. The van der Waals surface area contributed by atoms with Gasteiger partial charge in [-0.25, -0.2) is 18.5 Å². The van der Waals surface area contributed by atoms with Gasteiger partial charge in [0.15, 0.2) is 11.6 Å². The number of carbonyl (C=O) groups excluding carboxylic acids is 3. The topological polar surface area (TPSA) is 132 Å². The number of amides is 4. The van der Waals surface area contributed by atoms with Crippen LogP contribution >= 0.6 is 11.9 Å². The predicted octanol–water partition coefficient (Wildman–Crippen LogP) is 7.26. The third-order valence-electron chi connectivity index (χ3n) is 13.1. The van der Waals surface area contributed by atoms with Gasteiger partial charge < -0.3 is 5.32 Å². The summed E-state index contributed by atoms with van der Waals surface area (Å²) in [7, 11) is 1.70. The number of hydrogen-bond acceptors (Lipinski definition) is 10. The van der Waals surface area contributed by atoms with Crippen molar-refractivity contribution in [2.45, 2.75) is 119 Å². The Labute approximate surface area is 349 Å². The number of nitrogens with one attached hydrogen (secondary N) is 2. The molecule has 9 rings (SSSR count). The number of halogens is 1. The molecule has 0 bridgehead atoms. The molecule has 2 N–H and O–H groups in total. The molecule has 2 aromatic heterocycles. The molecular formula is C44H55FN10O3S. The summed E-state index contributed by atoms with van der Waals surface area (Å²) in [6, 6.07) is 12.5. The van der Waals surface area contributed by atoms with Crippen molar-refractivity contribution < 1.29 is 18.8 Å². The number of urea groups is 1. The van der Waals surface area contributed by atoms with Crippen LogP contribution in [0, 0.1) is 5.82 Å². The Bertz CT molecular complexity index is 2240. The van der Waals surface area contributed by atoms with Crippen LogP contribution in [0.25, 0.3) is 10.9 Å². The first kappa shape index (κ1) is 39.8. The Morgan fingerprint density at radius 1 is 0.966 bits per heavy atom. The Morgan fingerprint density at radius 3 is 2.44 bits per heavy atom. The quantitative estimate of drug-likeness (QED) is 0.133. The maximum atomic E-state index is 16.1. The van der Waals surface area contributed by atoms with Gasteiger partial charge in [-0.3, -0.25) is 34.3 Å². The second kappa shape index (κ2) is 16.5. The highest BCUT2D eigenvalue weighted by atomic mass is 32.2. The standard InChI is InChI=1S/C44H55FN10O3S/c1-4-7-31(8-5-2)55-40-35(44(18-19-44)41(55)57)26-46-42(49-40)47-30-15-22-53(23-16-30)59-32-10-6-9-28(25-32)27-52-20-13-29(14-21-52)33-11-12-34-38(37(33)45)51(3)50-39(34)54-24-17-36(56)48-43(54)58/h6,9-12,25-26,29-31H,4-5,7-8,13-24,27H2,1-3H3,(H,46,47,49)(H,48,56,58). The summed E-state index contributed by atoms with van der Waals surface area (Å²) >= 11 is 1.82. The summed E-state index contributed by atoms with van der Waals surface area (Å²) in [5.74, 6) is 1.58. The molecule has 4 aliphatic heterocycles. The Hall–Kier alpha value is -4.60. The van der Waals surface area contributed by atoms with E-state index in [0.717, 1.165) is 108 Å². The first-order valence-corrected chi connectivity index (χ1v) is 22.4. The summed E-state index contributed by atoms with van der Waals surface area (Å²) in [5.41, 5.74) is 3.00. The zero-order chi connectivity index (χ0) is 40.8. The molecule has 15 heteroatoms. The van der Waals surface area contributed by atoms with Crippen LogP contribution in [0.5, 0.6) is 0 Å². The molecule has 4 aromatic rings. The summed E-state index contributed by atoms with van der Waals surface area (Å²) in [6.45, 7) is 9.10. The summed E-state index contributed by atoms with van der Waals surface area (Å²) in [4.78, 5) is 54.8. The highest BCUT2D eigenvalue weighted by Gasteiger charge is 2.61. The Kier molecular flexibility index (Phi) is 11.1. The third kappa shape index (κ3) is 7.70. The molecule has 0 radical (unpaired) electrons. The first-order valence-electron chi connectivity index (χ1n) is 21.6. The number of piperidine rings is 2. The van der Waals surface area contributed by atoms with E-state index < -0.39 is 6.03 Å². The van der Waals surface area contributed by atoms with Crippen LogP contribution in [-0.4, -0.2) is 91.6 Å². The molecule has 5 aliphatic rings. The van der Waals surface area contributed by atoms with E-state index in [1.54, 1.807) is 7.05 Å². The van der Waals surface area contributed by atoms with Crippen molar-refractivity contribution >= 4 is 58.3 Å². The molecular weight excluding hydrogens is 768 g/mol. The summed E-state index contributed by atoms with van der Waals surface area (Å²) in [6.07, 6.45) is 11.7. The number of hydrogen-bond donors (Lipinski definition) is 2. The zero-order valence-electron chi connectivity index (χ0n) is 34.4. The normalized spacial score (nSPS) is 20.3. The molecule has 0 atom stereocenters. The second-order valence-electron chi connectivity index (χ2n) is 17.1. The van der Waals surface area contributed by atoms with Gasteiger partial charge in [0, 0.05) is 73.8 Å². The van der Waals surface area contributed by atoms with Crippen molar-refractivity contribution in [3.63, 3.8) is 0 Å². The lowest BCUT2D eigenvalue weighted by Crippen LogP contribution is -2.49. The maximum absolute atomic E-state index is 16.1. The minimum atomic E-state index is -0.528. The monoisotopic (exact) mass is 822 g/mol. The Balaban J connectivity index is 0.771. The van der Waals surface area contributed by atoms with Gasteiger partial charge in [0.05, 0.1) is 5.41 Å². The fourth-order valence-corrected chi connectivity index (χ4v) is 10.8. The average molecular weight is 823 g/mol. The van der Waals surface area contributed by atoms with E-state index in [-0.39, 0.29) is 54.0 Å². The van der Waals surface area contributed by atoms with E-state index in [9.17, 15) is 14.4 Å². The SMILES string of the molecule is CCCC(CCC)N1C(=O)C2(CC2)c2cnc(NC3CCN(Sc4cccc(CN5CCC(c6ccc7c(N8CCC(=O)NC8=O)nn(C)c7c6F)CC5)c4)CC3)nc21. The van der Waals surface area contributed by atoms with Crippen molar-refractivity contribution in [2.75, 3.05) is 47.8 Å². The van der Waals surface area contributed by atoms with Crippen molar-refractivity contribution in [1.82, 2.24) is 34.3 Å². The van der Waals surface area contributed by atoms with Crippen LogP contribution in [-0.2, 0) is 28.6 Å². The number of imide groups is 1. The molecule has 312 valence electrons. The van der Waals surface area contributed by atoms with Crippen molar-refractivity contribution in [2.24, 2.45) is 7.05 Å². The fourth-order valence-electron chi connectivity index (χ4n) is 9.81. The third-order valence-corrected chi connectivity index (χ3v) is 14.2. The van der Waals surface area contributed by atoms with Gasteiger partial charge in [0.25, 0.3) is 0 Å². The van der Waals surface area contributed by atoms with Gasteiger partial charge >= 0.3 is 6.03 Å². The minimum Gasteiger partial charge on any atom is -0.351 e. The lowest BCUT2D eigenvalue weighted by atomic mass is 9.88. The van der Waals surface area contributed by atoms with E-state index in [1.165, 1.54) is 20.0 Å². The number of nitrogens with zero attached hydrogens (tertiary/aromatic N) is 8. The lowest BCUT2D eigenvalue weighted by molar-refractivity contribution is -0.121. The molecule has 13 nitrogen and oxygen atoms in total. The number of rotatable bonds is 13. The number of anilines is 3. The summed E-state index contributed by atoms with van der Waals surface area (Å²) < 4.78 is 20.1. The van der Waals surface area contributed by atoms with E-state index >= 15 is 4.39 Å². The number of likely N-dealkylation sites (tertiary alicyclic amines) is 1. The van der Waals surface area contributed by atoms with Gasteiger partial charge in [-0.1, -0.05) is 44.9 Å². The van der Waals surface area contributed by atoms with Crippen LogP contribution < -0.4 is 20.4 Å². The van der Waals surface area contributed by atoms with Crippen LogP contribution in [0.2, 0.25) is 0 Å². The van der Waals surface area contributed by atoms with Gasteiger partial charge in [-0.15, -0.1) is 0 Å². The molecule has 3 saturated heterocycles. The second-order valence-corrected chi connectivity index (χ2v) is 18.3. The number of carbonyl (C=O) groups is 3. The number of benzene rings is 2. The van der Waals surface area contributed by atoms with Crippen LogP contribution in [0.4, 0.5) is 26.8 Å². The molecule has 1 spiro atoms. The average Bonchev–Trinajstić information content (AvgIpc) is 3.91. The van der Waals surface area contributed by atoms with Gasteiger partial charge in [0.2, 0.25) is 17.8 Å². The molecule has 1 saturated carbocycles. The number of aryl methyl sites for hydroxylation is 1. The fraction of sp³-hybridized carbons (Fsp3) is 0.545. The molecule has 4 amide bonds. The number of fused-ring (bicyclic) bond motifs is 3. The summed E-state index contributed by atoms with van der Waals surface area (Å²) in [5, 5.41) is 11.0. The largest absolute Gasteiger partial charge is 0.351 e. The van der Waals surface area contributed by atoms with Crippen LogP contribution in [0.1, 0.15) is 107 Å². The van der Waals surface area contributed by atoms with Crippen LogP contribution in [0.3, 0.4) is 0 Å². The predicted molar refractivity (Wildman–Crippen MR) is 228 cm³/mol. The number of aromatic nitrogens is 4. The smallest absolute Gasteiger partial charge is 0.329 e.